The molecule has 2 atom stereocenters. The van der Waals surface area contributed by atoms with Crippen LogP contribution in [-0.2, 0) is 4.74 Å². The lowest BCUT2D eigenvalue weighted by Gasteiger charge is -2.32. The average molecular weight is 385 g/mol. The number of hydrogen-bond acceptors (Lipinski definition) is 4. The van der Waals surface area contributed by atoms with Crippen molar-refractivity contribution >= 4 is 17.7 Å². The van der Waals surface area contributed by atoms with E-state index >= 15 is 0 Å². The highest BCUT2D eigenvalue weighted by molar-refractivity contribution is 6.30. The monoisotopic (exact) mass is 384 g/mol. The Bertz CT molecular complexity index is 720. The first-order chi connectivity index (χ1) is 12.2. The van der Waals surface area contributed by atoms with Crippen molar-refractivity contribution in [2.75, 3.05) is 6.61 Å². The van der Waals surface area contributed by atoms with Gasteiger partial charge >= 0.3 is 6.09 Å². The fourth-order valence-electron chi connectivity index (χ4n) is 3.19. The summed E-state index contributed by atoms with van der Waals surface area (Å²) in [6.45, 7) is 5.64. The molecule has 1 N–H and O–H groups in total. The minimum Gasteiger partial charge on any atom is -0.489 e. The second-order valence-corrected chi connectivity index (χ2v) is 7.11. The summed E-state index contributed by atoms with van der Waals surface area (Å²) in [5.74, 6) is -0.497. The number of halogens is 2. The van der Waals surface area contributed by atoms with Crippen molar-refractivity contribution in [1.82, 2.24) is 4.90 Å². The molecule has 0 bridgehead atoms. The molecule has 1 aromatic rings. The summed E-state index contributed by atoms with van der Waals surface area (Å²) >= 11 is 5.81. The number of benzene rings is 1. The maximum absolute atomic E-state index is 13.6. The second-order valence-electron chi connectivity index (χ2n) is 6.70. The largest absolute Gasteiger partial charge is 0.489 e. The van der Waals surface area contributed by atoms with E-state index in [1.807, 2.05) is 13.0 Å². The summed E-state index contributed by atoms with van der Waals surface area (Å²) in [5, 5.41) is 18.6. The molecule has 1 amide bonds. The number of hydrogen-bond donors (Lipinski definition) is 1. The van der Waals surface area contributed by atoms with Gasteiger partial charge in [0.1, 0.15) is 29.5 Å². The Morgan fingerprint density at radius 2 is 2.31 bits per heavy atom. The zero-order valence-electron chi connectivity index (χ0n) is 15.0. The van der Waals surface area contributed by atoms with Gasteiger partial charge in [0.25, 0.3) is 0 Å². The Labute approximate surface area is 157 Å². The maximum Gasteiger partial charge on any atom is 0.409 e. The SMILES string of the molecule is CCC[C@@H](C[C@H]1COC(C)(C)N1C(=O)O)Oc1cc(Cl)c(F)cc1C#N. The number of nitrogens with zero attached hydrogens (tertiary/aromatic N) is 2. The Balaban J connectivity index is 2.21. The van der Waals surface area contributed by atoms with Gasteiger partial charge < -0.3 is 14.6 Å². The number of carbonyl (C=O) groups is 1. The minimum absolute atomic E-state index is 0.0473. The molecule has 1 fully saturated rings. The first kappa shape index (κ1) is 20.3. The van der Waals surface area contributed by atoms with Crippen LogP contribution >= 0.6 is 11.6 Å². The molecule has 26 heavy (non-hydrogen) atoms. The number of carboxylic acid groups (broad SMARTS) is 1. The molecular formula is C18H22ClFN2O4. The van der Waals surface area contributed by atoms with Gasteiger partial charge in [-0.3, -0.25) is 4.90 Å². The second kappa shape index (κ2) is 8.11. The molecule has 142 valence electrons. The number of rotatable bonds is 6. The van der Waals surface area contributed by atoms with Gasteiger partial charge in [-0.15, -0.1) is 0 Å². The van der Waals surface area contributed by atoms with Crippen molar-refractivity contribution in [2.24, 2.45) is 0 Å². The summed E-state index contributed by atoms with van der Waals surface area (Å²) in [4.78, 5) is 12.9. The molecule has 1 heterocycles. The van der Waals surface area contributed by atoms with Crippen molar-refractivity contribution in [3.63, 3.8) is 0 Å². The van der Waals surface area contributed by atoms with E-state index < -0.39 is 17.6 Å². The summed E-state index contributed by atoms with van der Waals surface area (Å²) in [6, 6.07) is 3.83. The highest BCUT2D eigenvalue weighted by atomic mass is 35.5. The number of ether oxygens (including phenoxy) is 2. The van der Waals surface area contributed by atoms with Gasteiger partial charge in [-0.1, -0.05) is 24.9 Å². The summed E-state index contributed by atoms with van der Waals surface area (Å²) in [5.41, 5.74) is -0.865. The van der Waals surface area contributed by atoms with Crippen LogP contribution in [0.5, 0.6) is 5.75 Å². The van der Waals surface area contributed by atoms with E-state index in [9.17, 15) is 19.6 Å². The summed E-state index contributed by atoms with van der Waals surface area (Å²) in [7, 11) is 0. The number of nitriles is 1. The topological polar surface area (TPSA) is 82.8 Å². The lowest BCUT2D eigenvalue weighted by molar-refractivity contribution is -0.0428. The van der Waals surface area contributed by atoms with Gasteiger partial charge in [-0.05, 0) is 26.3 Å². The first-order valence-electron chi connectivity index (χ1n) is 8.41. The Hall–Kier alpha value is -2.04. The van der Waals surface area contributed by atoms with Crippen molar-refractivity contribution in [1.29, 1.82) is 5.26 Å². The summed E-state index contributed by atoms with van der Waals surface area (Å²) < 4.78 is 25.1. The standard InChI is InChI=1S/C18H22ClFN2O4/c1-4-5-13(7-12-10-25-18(2,3)22(12)17(23)24)26-16-8-14(19)15(20)6-11(16)9-21/h6,8,12-13H,4-5,7,10H2,1-3H3,(H,23,24)/t12-,13-/m0/s1. The van der Waals surface area contributed by atoms with E-state index in [2.05, 4.69) is 0 Å². The molecule has 6 nitrogen and oxygen atoms in total. The van der Waals surface area contributed by atoms with Crippen LogP contribution in [0.4, 0.5) is 9.18 Å². The van der Waals surface area contributed by atoms with Crippen molar-refractivity contribution < 1.29 is 23.8 Å². The predicted octanol–water partition coefficient (Wildman–Crippen LogP) is 4.40. The maximum atomic E-state index is 13.6. The van der Waals surface area contributed by atoms with Gasteiger partial charge in [0.2, 0.25) is 0 Å². The zero-order chi connectivity index (χ0) is 19.5. The van der Waals surface area contributed by atoms with Gasteiger partial charge in [0, 0.05) is 12.5 Å². The molecule has 8 heteroatoms. The highest BCUT2D eigenvalue weighted by Gasteiger charge is 2.44. The van der Waals surface area contributed by atoms with Crippen molar-refractivity contribution in [3.8, 4) is 11.8 Å². The van der Waals surface area contributed by atoms with Gasteiger partial charge in [-0.2, -0.15) is 5.26 Å². The zero-order valence-corrected chi connectivity index (χ0v) is 15.7. The van der Waals surface area contributed by atoms with E-state index in [1.165, 1.54) is 11.0 Å². The average Bonchev–Trinajstić information content (AvgIpc) is 2.85. The molecule has 0 unspecified atom stereocenters. The van der Waals surface area contributed by atoms with Crippen molar-refractivity contribution in [3.05, 3.63) is 28.5 Å². The van der Waals surface area contributed by atoms with Crippen LogP contribution in [0, 0.1) is 17.1 Å². The molecule has 1 aromatic carbocycles. The lowest BCUT2D eigenvalue weighted by Crippen LogP contribution is -2.48. The van der Waals surface area contributed by atoms with E-state index in [1.54, 1.807) is 13.8 Å². The van der Waals surface area contributed by atoms with Gasteiger partial charge in [0.15, 0.2) is 0 Å². The third-order valence-electron chi connectivity index (χ3n) is 4.36. The van der Waals surface area contributed by atoms with E-state index in [-0.39, 0.29) is 35.1 Å². The van der Waals surface area contributed by atoms with Crippen LogP contribution in [0.15, 0.2) is 12.1 Å². The third kappa shape index (κ3) is 4.37. The Morgan fingerprint density at radius 3 is 2.88 bits per heavy atom. The quantitative estimate of drug-likeness (QED) is 0.785. The molecule has 0 aromatic heterocycles. The van der Waals surface area contributed by atoms with E-state index in [4.69, 9.17) is 21.1 Å². The third-order valence-corrected chi connectivity index (χ3v) is 4.65. The van der Waals surface area contributed by atoms with Crippen LogP contribution < -0.4 is 4.74 Å². The first-order valence-corrected chi connectivity index (χ1v) is 8.79. The van der Waals surface area contributed by atoms with Crippen LogP contribution in [-0.4, -0.2) is 40.6 Å². The lowest BCUT2D eigenvalue weighted by atomic mass is 10.0. The Kier molecular flexibility index (Phi) is 6.32. The van der Waals surface area contributed by atoms with Gasteiger partial charge in [-0.25, -0.2) is 9.18 Å². The van der Waals surface area contributed by atoms with Crippen LogP contribution in [0.25, 0.3) is 0 Å². The molecule has 0 saturated carbocycles. The van der Waals surface area contributed by atoms with Crippen LogP contribution in [0.2, 0.25) is 5.02 Å². The fourth-order valence-corrected chi connectivity index (χ4v) is 3.34. The molecule has 0 spiro atoms. The molecule has 1 aliphatic rings. The van der Waals surface area contributed by atoms with E-state index in [0.29, 0.717) is 12.8 Å². The van der Waals surface area contributed by atoms with Crippen LogP contribution in [0.1, 0.15) is 45.6 Å². The molecular weight excluding hydrogens is 363 g/mol. The Morgan fingerprint density at radius 1 is 1.62 bits per heavy atom. The van der Waals surface area contributed by atoms with Gasteiger partial charge in [0.05, 0.1) is 23.2 Å². The van der Waals surface area contributed by atoms with Crippen LogP contribution in [0.3, 0.4) is 0 Å². The fraction of sp³-hybridized carbons (Fsp3) is 0.556. The molecule has 0 radical (unpaired) electrons. The minimum atomic E-state index is -1.06. The number of amides is 1. The highest BCUT2D eigenvalue weighted by Crippen LogP contribution is 2.32. The molecule has 2 rings (SSSR count). The summed E-state index contributed by atoms with van der Waals surface area (Å²) in [6.07, 6.45) is 0.410. The normalized spacial score (nSPS) is 19.8. The molecule has 1 saturated heterocycles. The predicted molar refractivity (Wildman–Crippen MR) is 93.7 cm³/mol. The van der Waals surface area contributed by atoms with E-state index in [0.717, 1.165) is 12.5 Å². The smallest absolute Gasteiger partial charge is 0.409 e. The molecule has 1 aliphatic heterocycles. The molecule has 0 aliphatic carbocycles. The van der Waals surface area contributed by atoms with Crippen molar-refractivity contribution in [2.45, 2.75) is 57.9 Å².